The summed E-state index contributed by atoms with van der Waals surface area (Å²) in [4.78, 5) is 5.11. The van der Waals surface area contributed by atoms with Gasteiger partial charge in [-0.05, 0) is 24.8 Å². The van der Waals surface area contributed by atoms with E-state index in [1.807, 2.05) is 12.3 Å². The molecule has 0 aliphatic rings. The molecule has 1 heterocycles. The number of hydrogen-bond acceptors (Lipinski definition) is 3. The maximum Gasteiger partial charge on any atom is 0.154 e. The monoisotopic (exact) mass is 240 g/mol. The highest BCUT2D eigenvalue weighted by Crippen LogP contribution is 2.25. The molecule has 0 saturated carbocycles. The van der Waals surface area contributed by atoms with Crippen LogP contribution in [0.3, 0.4) is 0 Å². The molecule has 84 valence electrons. The fourth-order valence-corrected chi connectivity index (χ4v) is 2.12. The summed E-state index contributed by atoms with van der Waals surface area (Å²) in [6, 6.07) is 12.4. The van der Waals surface area contributed by atoms with E-state index >= 15 is 0 Å². The number of benzene rings is 1. The molecular weight excluding hydrogens is 228 g/mol. The summed E-state index contributed by atoms with van der Waals surface area (Å²) in [5, 5.41) is 8.92. The third kappa shape index (κ3) is 2.48. The fourth-order valence-electron chi connectivity index (χ4n) is 1.59. The van der Waals surface area contributed by atoms with E-state index < -0.39 is 0 Å². The minimum atomic E-state index is 0.494. The SMILES string of the molecule is CSc1cc(-c2ccc(C)cc2)cnc1C#N. The summed E-state index contributed by atoms with van der Waals surface area (Å²) in [6.45, 7) is 2.06. The van der Waals surface area contributed by atoms with E-state index in [0.29, 0.717) is 5.69 Å². The molecule has 2 nitrogen and oxygen atoms in total. The van der Waals surface area contributed by atoms with E-state index in [0.717, 1.165) is 16.0 Å². The standard InChI is InChI=1S/C14H12N2S/c1-10-3-5-11(6-4-10)12-7-14(17-2)13(8-15)16-9-12/h3-7,9H,1-2H3. The van der Waals surface area contributed by atoms with Gasteiger partial charge in [-0.15, -0.1) is 11.8 Å². The fraction of sp³-hybridized carbons (Fsp3) is 0.143. The molecule has 0 N–H and O–H groups in total. The number of aromatic nitrogens is 1. The second kappa shape index (κ2) is 5.03. The molecule has 2 rings (SSSR count). The summed E-state index contributed by atoms with van der Waals surface area (Å²) in [5.41, 5.74) is 3.91. The normalized spacial score (nSPS) is 9.94. The van der Waals surface area contributed by atoms with Gasteiger partial charge in [0.15, 0.2) is 5.69 Å². The quantitative estimate of drug-likeness (QED) is 0.752. The molecule has 0 unspecified atom stereocenters. The molecule has 0 radical (unpaired) electrons. The average Bonchev–Trinajstić information content (AvgIpc) is 2.39. The predicted octanol–water partition coefficient (Wildman–Crippen LogP) is 3.65. The van der Waals surface area contributed by atoms with Crippen molar-refractivity contribution in [2.75, 3.05) is 6.26 Å². The maximum atomic E-state index is 8.92. The Morgan fingerprint density at radius 1 is 1.18 bits per heavy atom. The number of hydrogen-bond donors (Lipinski definition) is 0. The molecule has 17 heavy (non-hydrogen) atoms. The molecule has 1 aromatic carbocycles. The average molecular weight is 240 g/mol. The lowest BCUT2D eigenvalue weighted by atomic mass is 10.1. The largest absolute Gasteiger partial charge is 0.244 e. The Morgan fingerprint density at radius 3 is 2.47 bits per heavy atom. The van der Waals surface area contributed by atoms with Crippen molar-refractivity contribution in [2.45, 2.75) is 11.8 Å². The van der Waals surface area contributed by atoms with Gasteiger partial charge < -0.3 is 0 Å². The van der Waals surface area contributed by atoms with Crippen LogP contribution in [0.2, 0.25) is 0 Å². The lowest BCUT2D eigenvalue weighted by molar-refractivity contribution is 1.18. The Balaban J connectivity index is 2.47. The minimum Gasteiger partial charge on any atom is -0.244 e. The van der Waals surface area contributed by atoms with Gasteiger partial charge in [0, 0.05) is 16.7 Å². The van der Waals surface area contributed by atoms with E-state index in [4.69, 9.17) is 5.26 Å². The van der Waals surface area contributed by atoms with Crippen molar-refractivity contribution in [1.29, 1.82) is 5.26 Å². The van der Waals surface area contributed by atoms with Crippen LogP contribution in [0.4, 0.5) is 0 Å². The lowest BCUT2D eigenvalue weighted by Gasteiger charge is -2.05. The highest BCUT2D eigenvalue weighted by molar-refractivity contribution is 7.98. The molecule has 0 aliphatic heterocycles. The van der Waals surface area contributed by atoms with Crippen LogP contribution in [0.25, 0.3) is 11.1 Å². The molecule has 2 aromatic rings. The van der Waals surface area contributed by atoms with Crippen LogP contribution < -0.4 is 0 Å². The van der Waals surface area contributed by atoms with Gasteiger partial charge in [-0.3, -0.25) is 0 Å². The topological polar surface area (TPSA) is 36.7 Å². The first-order chi connectivity index (χ1) is 8.24. The third-order valence-electron chi connectivity index (χ3n) is 2.56. The van der Waals surface area contributed by atoms with Crippen molar-refractivity contribution in [2.24, 2.45) is 0 Å². The molecule has 0 bridgehead atoms. The van der Waals surface area contributed by atoms with Crippen molar-refractivity contribution in [3.63, 3.8) is 0 Å². The highest BCUT2D eigenvalue weighted by atomic mass is 32.2. The van der Waals surface area contributed by atoms with Gasteiger partial charge in [0.25, 0.3) is 0 Å². The van der Waals surface area contributed by atoms with Gasteiger partial charge >= 0.3 is 0 Å². The number of rotatable bonds is 2. The van der Waals surface area contributed by atoms with Crippen LogP contribution in [-0.4, -0.2) is 11.2 Å². The number of aryl methyl sites for hydroxylation is 1. The van der Waals surface area contributed by atoms with E-state index in [-0.39, 0.29) is 0 Å². The Kier molecular flexibility index (Phi) is 3.46. The van der Waals surface area contributed by atoms with Crippen LogP contribution in [0.1, 0.15) is 11.3 Å². The zero-order valence-corrected chi connectivity index (χ0v) is 10.6. The second-order valence-electron chi connectivity index (χ2n) is 3.75. The summed E-state index contributed by atoms with van der Waals surface area (Å²) >= 11 is 1.55. The molecule has 0 fully saturated rings. The van der Waals surface area contributed by atoms with Crippen molar-refractivity contribution in [3.8, 4) is 17.2 Å². The van der Waals surface area contributed by atoms with E-state index in [1.54, 1.807) is 18.0 Å². The first kappa shape index (κ1) is 11.7. The highest BCUT2D eigenvalue weighted by Gasteiger charge is 2.05. The second-order valence-corrected chi connectivity index (χ2v) is 4.60. The van der Waals surface area contributed by atoms with Crippen molar-refractivity contribution >= 4 is 11.8 Å². The number of pyridine rings is 1. The molecular formula is C14H12N2S. The molecule has 0 saturated heterocycles. The van der Waals surface area contributed by atoms with E-state index in [2.05, 4.69) is 42.2 Å². The Labute approximate surface area is 105 Å². The lowest BCUT2D eigenvalue weighted by Crippen LogP contribution is -1.88. The van der Waals surface area contributed by atoms with Crippen LogP contribution >= 0.6 is 11.8 Å². The van der Waals surface area contributed by atoms with Crippen LogP contribution in [0.15, 0.2) is 41.4 Å². The molecule has 0 amide bonds. The molecule has 0 aliphatic carbocycles. The van der Waals surface area contributed by atoms with E-state index in [9.17, 15) is 0 Å². The van der Waals surface area contributed by atoms with Gasteiger partial charge in [-0.2, -0.15) is 5.26 Å². The number of nitrogens with zero attached hydrogens (tertiary/aromatic N) is 2. The Hall–Kier alpha value is -1.79. The summed E-state index contributed by atoms with van der Waals surface area (Å²) in [6.07, 6.45) is 3.71. The maximum absolute atomic E-state index is 8.92. The first-order valence-corrected chi connectivity index (χ1v) is 6.48. The van der Waals surface area contributed by atoms with Crippen LogP contribution in [0.5, 0.6) is 0 Å². The van der Waals surface area contributed by atoms with Crippen LogP contribution in [-0.2, 0) is 0 Å². The number of thioether (sulfide) groups is 1. The summed E-state index contributed by atoms with van der Waals surface area (Å²) in [5.74, 6) is 0. The Morgan fingerprint density at radius 2 is 1.88 bits per heavy atom. The van der Waals surface area contributed by atoms with E-state index in [1.165, 1.54) is 5.56 Å². The first-order valence-electron chi connectivity index (χ1n) is 5.26. The molecule has 0 spiro atoms. The zero-order chi connectivity index (χ0) is 12.3. The van der Waals surface area contributed by atoms with Crippen LogP contribution in [0, 0.1) is 18.3 Å². The van der Waals surface area contributed by atoms with Gasteiger partial charge in [0.05, 0.1) is 0 Å². The smallest absolute Gasteiger partial charge is 0.154 e. The molecule has 0 atom stereocenters. The molecule has 1 aromatic heterocycles. The van der Waals surface area contributed by atoms with Crippen molar-refractivity contribution < 1.29 is 0 Å². The van der Waals surface area contributed by atoms with Gasteiger partial charge in [0.1, 0.15) is 6.07 Å². The summed E-state index contributed by atoms with van der Waals surface area (Å²) in [7, 11) is 0. The molecule has 3 heteroatoms. The summed E-state index contributed by atoms with van der Waals surface area (Å²) < 4.78 is 0. The van der Waals surface area contributed by atoms with Crippen molar-refractivity contribution in [3.05, 3.63) is 47.8 Å². The van der Waals surface area contributed by atoms with Gasteiger partial charge in [-0.25, -0.2) is 4.98 Å². The Bertz CT molecular complexity index is 568. The third-order valence-corrected chi connectivity index (χ3v) is 3.31. The zero-order valence-electron chi connectivity index (χ0n) is 9.77. The van der Waals surface area contributed by atoms with Crippen molar-refractivity contribution in [1.82, 2.24) is 4.98 Å². The number of nitriles is 1. The van der Waals surface area contributed by atoms with Gasteiger partial charge in [-0.1, -0.05) is 29.8 Å². The predicted molar refractivity (Wildman–Crippen MR) is 70.9 cm³/mol. The van der Waals surface area contributed by atoms with Gasteiger partial charge in [0.2, 0.25) is 0 Å². The minimum absolute atomic E-state index is 0.494.